The maximum atomic E-state index is 10.5. The SMILES string of the molecule is CCCCC(=O)O.COc1cccc(C=O)c1OC. The molecule has 106 valence electrons. The van der Waals surface area contributed by atoms with Crippen LogP contribution < -0.4 is 9.47 Å². The molecule has 0 aliphatic rings. The molecule has 19 heavy (non-hydrogen) atoms. The number of aldehydes is 1. The zero-order valence-electron chi connectivity index (χ0n) is 11.5. The van der Waals surface area contributed by atoms with Crippen LogP contribution in [0.5, 0.6) is 11.5 Å². The lowest BCUT2D eigenvalue weighted by atomic mass is 10.2. The van der Waals surface area contributed by atoms with E-state index in [1.165, 1.54) is 14.2 Å². The van der Waals surface area contributed by atoms with Crippen molar-refractivity contribution in [2.45, 2.75) is 26.2 Å². The third-order valence-corrected chi connectivity index (χ3v) is 2.30. The molecular weight excluding hydrogens is 248 g/mol. The second-order valence-corrected chi connectivity index (χ2v) is 3.70. The minimum Gasteiger partial charge on any atom is -0.493 e. The number of carboxylic acid groups (broad SMARTS) is 1. The van der Waals surface area contributed by atoms with Gasteiger partial charge in [0.15, 0.2) is 17.8 Å². The van der Waals surface area contributed by atoms with Gasteiger partial charge in [0.05, 0.1) is 19.8 Å². The largest absolute Gasteiger partial charge is 0.493 e. The number of carbonyl (C=O) groups excluding carboxylic acids is 1. The highest BCUT2D eigenvalue weighted by Gasteiger charge is 2.07. The molecular formula is C14H20O5. The molecule has 0 spiro atoms. The van der Waals surface area contributed by atoms with E-state index < -0.39 is 5.97 Å². The zero-order chi connectivity index (χ0) is 14.7. The molecule has 0 aromatic heterocycles. The number of benzene rings is 1. The van der Waals surface area contributed by atoms with E-state index in [1.807, 2.05) is 6.92 Å². The zero-order valence-corrected chi connectivity index (χ0v) is 11.5. The number of aliphatic carboxylic acids is 1. The van der Waals surface area contributed by atoms with Crippen LogP contribution in [0.15, 0.2) is 18.2 Å². The summed E-state index contributed by atoms with van der Waals surface area (Å²) < 4.78 is 10.00. The average Bonchev–Trinajstić information content (AvgIpc) is 2.44. The summed E-state index contributed by atoms with van der Waals surface area (Å²) in [4.78, 5) is 20.3. The van der Waals surface area contributed by atoms with Crippen molar-refractivity contribution in [3.05, 3.63) is 23.8 Å². The van der Waals surface area contributed by atoms with Crippen molar-refractivity contribution in [1.82, 2.24) is 0 Å². The Hall–Kier alpha value is -2.04. The molecule has 0 radical (unpaired) electrons. The molecule has 0 saturated heterocycles. The number of hydrogen-bond donors (Lipinski definition) is 1. The first kappa shape index (κ1) is 17.0. The van der Waals surface area contributed by atoms with Gasteiger partial charge in [0.2, 0.25) is 0 Å². The van der Waals surface area contributed by atoms with Crippen molar-refractivity contribution in [3.63, 3.8) is 0 Å². The van der Waals surface area contributed by atoms with Crippen molar-refractivity contribution in [2.75, 3.05) is 14.2 Å². The van der Waals surface area contributed by atoms with Gasteiger partial charge in [0.1, 0.15) is 0 Å². The second-order valence-electron chi connectivity index (χ2n) is 3.70. The minimum atomic E-state index is -0.693. The van der Waals surface area contributed by atoms with Crippen LogP contribution in [0.3, 0.4) is 0 Å². The van der Waals surface area contributed by atoms with Crippen LogP contribution in [0.1, 0.15) is 36.5 Å². The fourth-order valence-electron chi connectivity index (χ4n) is 1.33. The van der Waals surface area contributed by atoms with E-state index in [1.54, 1.807) is 18.2 Å². The van der Waals surface area contributed by atoms with Crippen LogP contribution in [-0.2, 0) is 4.79 Å². The number of ether oxygens (including phenoxy) is 2. The van der Waals surface area contributed by atoms with Gasteiger partial charge < -0.3 is 14.6 Å². The summed E-state index contributed by atoms with van der Waals surface area (Å²) in [5.74, 6) is 0.360. The van der Waals surface area contributed by atoms with E-state index in [2.05, 4.69) is 0 Å². The Bertz CT molecular complexity index is 401. The van der Waals surface area contributed by atoms with Crippen molar-refractivity contribution >= 4 is 12.3 Å². The first-order chi connectivity index (χ1) is 9.10. The summed E-state index contributed by atoms with van der Waals surface area (Å²) in [6, 6.07) is 5.16. The summed E-state index contributed by atoms with van der Waals surface area (Å²) in [7, 11) is 3.04. The van der Waals surface area contributed by atoms with Gasteiger partial charge in [-0.1, -0.05) is 19.4 Å². The number of methoxy groups -OCH3 is 2. The molecule has 1 aromatic carbocycles. The Morgan fingerprint density at radius 3 is 2.37 bits per heavy atom. The first-order valence-corrected chi connectivity index (χ1v) is 5.98. The lowest BCUT2D eigenvalue weighted by molar-refractivity contribution is -0.137. The van der Waals surface area contributed by atoms with Crippen molar-refractivity contribution in [1.29, 1.82) is 0 Å². The maximum absolute atomic E-state index is 10.5. The summed E-state index contributed by atoms with van der Waals surface area (Å²) in [6.07, 6.45) is 2.82. The molecule has 1 aromatic rings. The van der Waals surface area contributed by atoms with Crippen molar-refractivity contribution in [3.8, 4) is 11.5 Å². The van der Waals surface area contributed by atoms with Crippen molar-refractivity contribution < 1.29 is 24.2 Å². The van der Waals surface area contributed by atoms with Gasteiger partial charge in [0.25, 0.3) is 0 Å². The van der Waals surface area contributed by atoms with Crippen molar-refractivity contribution in [2.24, 2.45) is 0 Å². The van der Waals surface area contributed by atoms with E-state index >= 15 is 0 Å². The van der Waals surface area contributed by atoms with E-state index in [0.717, 1.165) is 19.1 Å². The molecule has 5 heteroatoms. The van der Waals surface area contributed by atoms with Gasteiger partial charge in [-0.2, -0.15) is 0 Å². The molecule has 0 unspecified atom stereocenters. The first-order valence-electron chi connectivity index (χ1n) is 5.98. The maximum Gasteiger partial charge on any atom is 0.303 e. The minimum absolute atomic E-state index is 0.316. The molecule has 0 heterocycles. The third kappa shape index (κ3) is 6.45. The highest BCUT2D eigenvalue weighted by Crippen LogP contribution is 2.29. The second kappa shape index (κ2) is 9.94. The topological polar surface area (TPSA) is 72.8 Å². The molecule has 0 aliphatic heterocycles. The molecule has 0 amide bonds. The van der Waals surface area contributed by atoms with Crippen LogP contribution in [0.2, 0.25) is 0 Å². The molecule has 0 aliphatic carbocycles. The lowest BCUT2D eigenvalue weighted by Crippen LogP contribution is -1.94. The predicted molar refractivity (Wildman–Crippen MR) is 72.1 cm³/mol. The standard InChI is InChI=1S/C9H10O3.C5H10O2/c1-11-8-5-3-4-7(6-10)9(8)12-2;1-2-3-4-5(6)7/h3-6H,1-2H3;2-4H2,1H3,(H,6,7). The van der Waals surface area contributed by atoms with Crippen LogP contribution >= 0.6 is 0 Å². The quantitative estimate of drug-likeness (QED) is 0.803. The molecule has 1 rings (SSSR count). The van der Waals surface area contributed by atoms with Gasteiger partial charge in [-0.05, 0) is 18.6 Å². The monoisotopic (exact) mass is 268 g/mol. The van der Waals surface area contributed by atoms with E-state index in [4.69, 9.17) is 14.6 Å². The number of carboxylic acids is 1. The Balaban J connectivity index is 0.000000399. The van der Waals surface area contributed by atoms with Gasteiger partial charge >= 0.3 is 5.97 Å². The third-order valence-electron chi connectivity index (χ3n) is 2.30. The molecule has 0 fully saturated rings. The Labute approximate surface area is 113 Å². The average molecular weight is 268 g/mol. The molecule has 0 saturated carbocycles. The summed E-state index contributed by atoms with van der Waals surface area (Å²) >= 11 is 0. The van der Waals surface area contributed by atoms with E-state index in [9.17, 15) is 9.59 Å². The van der Waals surface area contributed by atoms with E-state index in [0.29, 0.717) is 23.5 Å². The smallest absolute Gasteiger partial charge is 0.303 e. The Morgan fingerprint density at radius 2 is 2.00 bits per heavy atom. The molecule has 5 nitrogen and oxygen atoms in total. The number of carbonyl (C=O) groups is 2. The van der Waals surface area contributed by atoms with Gasteiger partial charge in [-0.3, -0.25) is 9.59 Å². The Morgan fingerprint density at radius 1 is 1.32 bits per heavy atom. The summed E-state index contributed by atoms with van der Waals surface area (Å²) in [5.41, 5.74) is 0.497. The number of hydrogen-bond acceptors (Lipinski definition) is 4. The van der Waals surface area contributed by atoms with E-state index in [-0.39, 0.29) is 0 Å². The van der Waals surface area contributed by atoms with Crippen LogP contribution in [0.25, 0.3) is 0 Å². The van der Waals surface area contributed by atoms with Crippen LogP contribution in [0.4, 0.5) is 0 Å². The molecule has 1 N–H and O–H groups in total. The lowest BCUT2D eigenvalue weighted by Gasteiger charge is -2.07. The van der Waals surface area contributed by atoms with Gasteiger partial charge in [-0.25, -0.2) is 0 Å². The predicted octanol–water partition coefficient (Wildman–Crippen LogP) is 2.78. The fraction of sp³-hybridized carbons (Fsp3) is 0.429. The number of rotatable bonds is 6. The summed E-state index contributed by atoms with van der Waals surface area (Å²) in [6.45, 7) is 1.98. The van der Waals surface area contributed by atoms with Crippen LogP contribution in [0, 0.1) is 0 Å². The highest BCUT2D eigenvalue weighted by molar-refractivity contribution is 5.81. The Kier molecular flexibility index (Phi) is 8.87. The normalized spacial score (nSPS) is 9.00. The number of unbranched alkanes of at least 4 members (excludes halogenated alkanes) is 1. The van der Waals surface area contributed by atoms with Gasteiger partial charge in [-0.15, -0.1) is 0 Å². The fourth-order valence-corrected chi connectivity index (χ4v) is 1.33. The van der Waals surface area contributed by atoms with Gasteiger partial charge in [0, 0.05) is 6.42 Å². The summed E-state index contributed by atoms with van der Waals surface area (Å²) in [5, 5.41) is 8.04. The molecule has 0 bridgehead atoms. The highest BCUT2D eigenvalue weighted by atomic mass is 16.5. The molecule has 0 atom stereocenters. The number of para-hydroxylation sites is 1. The van der Waals surface area contributed by atoms with Crippen LogP contribution in [-0.4, -0.2) is 31.6 Å².